The van der Waals surface area contributed by atoms with Crippen molar-refractivity contribution in [3.05, 3.63) is 106 Å². The Morgan fingerprint density at radius 1 is 0.825 bits per heavy atom. The Labute approximate surface area is 230 Å². The van der Waals surface area contributed by atoms with Crippen LogP contribution >= 0.6 is 0 Å². The monoisotopic (exact) mass is 562 g/mol. The van der Waals surface area contributed by atoms with Crippen molar-refractivity contribution in [2.45, 2.75) is 57.0 Å². The first-order valence-electron chi connectivity index (χ1n) is 13.0. The van der Waals surface area contributed by atoms with Gasteiger partial charge in [-0.2, -0.15) is 26.3 Å². The molecule has 3 aromatic carbocycles. The van der Waals surface area contributed by atoms with Crippen LogP contribution in [-0.4, -0.2) is 41.9 Å². The van der Waals surface area contributed by atoms with E-state index < -0.39 is 34.8 Å². The number of hydrogen-bond acceptors (Lipinski definition) is 2. The van der Waals surface area contributed by atoms with Crippen LogP contribution in [0.4, 0.5) is 26.3 Å². The van der Waals surface area contributed by atoms with Gasteiger partial charge in [-0.15, -0.1) is 0 Å². The Morgan fingerprint density at radius 3 is 1.90 bits per heavy atom. The Morgan fingerprint density at radius 2 is 1.35 bits per heavy atom. The Kier molecular flexibility index (Phi) is 8.09. The molecule has 0 saturated carbocycles. The molecule has 1 amide bonds. The third kappa shape index (κ3) is 6.19. The number of amides is 1. The van der Waals surface area contributed by atoms with Crippen molar-refractivity contribution in [3.63, 3.8) is 0 Å². The van der Waals surface area contributed by atoms with Crippen LogP contribution < -0.4 is 0 Å². The second-order valence-corrected chi connectivity index (χ2v) is 11.0. The van der Waals surface area contributed by atoms with Gasteiger partial charge in [0.05, 0.1) is 22.6 Å². The summed E-state index contributed by atoms with van der Waals surface area (Å²) in [6, 6.07) is 18.7. The first-order chi connectivity index (χ1) is 18.6. The molecule has 0 spiro atoms. The van der Waals surface area contributed by atoms with Gasteiger partial charge in [0.1, 0.15) is 0 Å². The highest BCUT2D eigenvalue weighted by atomic mass is 19.4. The molecule has 214 valence electrons. The summed E-state index contributed by atoms with van der Waals surface area (Å²) in [6.45, 7) is 6.53. The standard InChI is InChI=1S/C31H32F6N2O/c1-20-10-8-9-13-25(20)26-18-39(17-21-11-6-5-7-12-21)19-27(26)38(4)28(40)29(2,3)22-14-23(30(32,33)34)16-24(15-22)31(35,36)37/h5-16,26-27H,17-19H2,1-4H3. The lowest BCUT2D eigenvalue weighted by Gasteiger charge is -2.36. The Balaban J connectivity index is 1.70. The zero-order chi connectivity index (χ0) is 29.5. The highest BCUT2D eigenvalue weighted by molar-refractivity contribution is 5.87. The molecule has 2 unspecified atom stereocenters. The van der Waals surface area contributed by atoms with E-state index in [1.165, 1.54) is 18.7 Å². The van der Waals surface area contributed by atoms with E-state index in [1.807, 2.05) is 61.5 Å². The number of likely N-dealkylation sites (N-methyl/N-ethyl adjacent to an activating group) is 1. The number of carbonyl (C=O) groups is 1. The summed E-state index contributed by atoms with van der Waals surface area (Å²) in [5.41, 5.74) is -1.66. The van der Waals surface area contributed by atoms with Crippen LogP contribution in [0.5, 0.6) is 0 Å². The van der Waals surface area contributed by atoms with E-state index in [4.69, 9.17) is 0 Å². The zero-order valence-electron chi connectivity index (χ0n) is 22.8. The second kappa shape index (κ2) is 10.9. The Bertz CT molecular complexity index is 1320. The Hall–Kier alpha value is -3.33. The molecule has 0 N–H and O–H groups in total. The predicted octanol–water partition coefficient (Wildman–Crippen LogP) is 7.44. The van der Waals surface area contributed by atoms with Crippen LogP contribution in [0.3, 0.4) is 0 Å². The maximum absolute atomic E-state index is 13.9. The maximum atomic E-state index is 13.9. The molecule has 0 radical (unpaired) electrons. The number of benzene rings is 3. The third-order valence-electron chi connectivity index (χ3n) is 7.86. The fraction of sp³-hybridized carbons (Fsp3) is 0.387. The number of rotatable bonds is 6. The van der Waals surface area contributed by atoms with Gasteiger partial charge < -0.3 is 4.90 Å². The summed E-state index contributed by atoms with van der Waals surface area (Å²) in [5, 5.41) is 0. The minimum atomic E-state index is -5.00. The van der Waals surface area contributed by atoms with E-state index in [0.717, 1.165) is 16.7 Å². The molecule has 1 aliphatic rings. The van der Waals surface area contributed by atoms with Gasteiger partial charge in [0.25, 0.3) is 0 Å². The molecule has 2 atom stereocenters. The lowest BCUT2D eigenvalue weighted by molar-refractivity contribution is -0.144. The maximum Gasteiger partial charge on any atom is 0.416 e. The molecule has 1 heterocycles. The number of aryl methyl sites for hydroxylation is 1. The fourth-order valence-electron chi connectivity index (χ4n) is 5.57. The van der Waals surface area contributed by atoms with E-state index in [2.05, 4.69) is 4.90 Å². The van der Waals surface area contributed by atoms with Crippen LogP contribution in [0.2, 0.25) is 0 Å². The number of carbonyl (C=O) groups excluding carboxylic acids is 1. The zero-order valence-corrected chi connectivity index (χ0v) is 22.8. The SMILES string of the molecule is Cc1ccccc1C1CN(Cc2ccccc2)CC1N(C)C(=O)C(C)(C)c1cc(C(F)(F)F)cc(C(F)(F)F)c1. The van der Waals surface area contributed by atoms with Gasteiger partial charge in [0.2, 0.25) is 5.91 Å². The molecule has 0 aliphatic carbocycles. The molecule has 9 heteroatoms. The molecule has 1 aliphatic heterocycles. The number of hydrogen-bond donors (Lipinski definition) is 0. The van der Waals surface area contributed by atoms with Gasteiger partial charge in [-0.25, -0.2) is 0 Å². The van der Waals surface area contributed by atoms with Crippen molar-refractivity contribution in [2.24, 2.45) is 0 Å². The summed E-state index contributed by atoms with van der Waals surface area (Å²) >= 11 is 0. The van der Waals surface area contributed by atoms with E-state index in [0.29, 0.717) is 31.8 Å². The second-order valence-electron chi connectivity index (χ2n) is 11.0. The van der Waals surface area contributed by atoms with Crippen LogP contribution in [0.1, 0.15) is 53.1 Å². The van der Waals surface area contributed by atoms with E-state index >= 15 is 0 Å². The summed E-state index contributed by atoms with van der Waals surface area (Å²) in [4.78, 5) is 17.7. The molecule has 40 heavy (non-hydrogen) atoms. The molecule has 3 nitrogen and oxygen atoms in total. The fourth-order valence-corrected chi connectivity index (χ4v) is 5.57. The van der Waals surface area contributed by atoms with Crippen molar-refractivity contribution in [1.82, 2.24) is 9.80 Å². The summed E-state index contributed by atoms with van der Waals surface area (Å²) < 4.78 is 81.4. The molecule has 1 saturated heterocycles. The highest BCUT2D eigenvalue weighted by Crippen LogP contribution is 2.41. The first-order valence-corrected chi connectivity index (χ1v) is 13.0. The molecule has 4 rings (SSSR count). The largest absolute Gasteiger partial charge is 0.416 e. The molecule has 1 fully saturated rings. The summed E-state index contributed by atoms with van der Waals surface area (Å²) in [5.74, 6) is -0.646. The number of likely N-dealkylation sites (tertiary alicyclic amines) is 1. The normalized spacial score (nSPS) is 18.6. The van der Waals surface area contributed by atoms with E-state index in [1.54, 1.807) is 7.05 Å². The number of nitrogens with zero attached hydrogens (tertiary/aromatic N) is 2. The van der Waals surface area contributed by atoms with Gasteiger partial charge in [0.15, 0.2) is 0 Å². The van der Waals surface area contributed by atoms with E-state index in [-0.39, 0.29) is 23.6 Å². The quantitative estimate of drug-likeness (QED) is 0.292. The van der Waals surface area contributed by atoms with Gasteiger partial charge in [-0.05, 0) is 61.2 Å². The summed E-state index contributed by atoms with van der Waals surface area (Å²) in [7, 11) is 1.59. The van der Waals surface area contributed by atoms with E-state index in [9.17, 15) is 31.1 Å². The molecular weight excluding hydrogens is 530 g/mol. The molecule has 0 bridgehead atoms. The van der Waals surface area contributed by atoms with Gasteiger partial charge in [-0.3, -0.25) is 9.69 Å². The molecular formula is C31H32F6N2O. The van der Waals surface area contributed by atoms with Crippen LogP contribution in [0, 0.1) is 6.92 Å². The topological polar surface area (TPSA) is 23.6 Å². The smallest absolute Gasteiger partial charge is 0.340 e. The van der Waals surface area contributed by atoms with Crippen LogP contribution in [0.25, 0.3) is 0 Å². The van der Waals surface area contributed by atoms with Crippen molar-refractivity contribution >= 4 is 5.91 Å². The van der Waals surface area contributed by atoms with Gasteiger partial charge in [-0.1, -0.05) is 54.6 Å². The minimum Gasteiger partial charge on any atom is -0.340 e. The highest BCUT2D eigenvalue weighted by Gasteiger charge is 2.44. The average Bonchev–Trinajstić information content (AvgIpc) is 3.30. The first kappa shape index (κ1) is 29.6. The number of halogens is 6. The van der Waals surface area contributed by atoms with Crippen LogP contribution in [-0.2, 0) is 29.1 Å². The predicted molar refractivity (Wildman–Crippen MR) is 142 cm³/mol. The molecule has 0 aromatic heterocycles. The van der Waals surface area contributed by atoms with Crippen molar-refractivity contribution in [1.29, 1.82) is 0 Å². The van der Waals surface area contributed by atoms with Crippen molar-refractivity contribution in [3.8, 4) is 0 Å². The minimum absolute atomic E-state index is 0.0837. The lowest BCUT2D eigenvalue weighted by Crippen LogP contribution is -2.49. The van der Waals surface area contributed by atoms with Gasteiger partial charge in [0, 0.05) is 32.6 Å². The summed E-state index contributed by atoms with van der Waals surface area (Å²) in [6.07, 6.45) is -10.00. The van der Waals surface area contributed by atoms with Crippen molar-refractivity contribution in [2.75, 3.05) is 20.1 Å². The van der Waals surface area contributed by atoms with Crippen molar-refractivity contribution < 1.29 is 31.1 Å². The average molecular weight is 563 g/mol. The molecule has 3 aromatic rings. The lowest BCUT2D eigenvalue weighted by atomic mass is 9.80. The third-order valence-corrected chi connectivity index (χ3v) is 7.86. The number of alkyl halides is 6. The van der Waals surface area contributed by atoms with Crippen LogP contribution in [0.15, 0.2) is 72.8 Å². The van der Waals surface area contributed by atoms with Gasteiger partial charge >= 0.3 is 12.4 Å².